The first-order valence-corrected chi connectivity index (χ1v) is 7.48. The first-order chi connectivity index (χ1) is 10.2. The van der Waals surface area contributed by atoms with Gasteiger partial charge < -0.3 is 10.5 Å². The highest BCUT2D eigenvalue weighted by atomic mass is 35.5. The fourth-order valence-electron chi connectivity index (χ4n) is 2.00. The van der Waals surface area contributed by atoms with Gasteiger partial charge in [-0.25, -0.2) is 0 Å². The maximum absolute atomic E-state index is 6.19. The van der Waals surface area contributed by atoms with Crippen LogP contribution in [0.4, 0.5) is 0 Å². The standard InChI is InChI=1S/C17H17Cl2NO/c18-15-11-14(8-9-20)17(16(19)12-15)21-10-4-7-13-5-2-1-3-6-13/h1-7,11-12H,8-10,20H2. The van der Waals surface area contributed by atoms with Crippen molar-refractivity contribution in [3.8, 4) is 5.75 Å². The van der Waals surface area contributed by atoms with E-state index in [0.717, 1.165) is 11.1 Å². The van der Waals surface area contributed by atoms with E-state index < -0.39 is 0 Å². The van der Waals surface area contributed by atoms with E-state index in [1.807, 2.05) is 48.6 Å². The second-order valence-corrected chi connectivity index (χ2v) is 5.38. The molecule has 0 amide bonds. The van der Waals surface area contributed by atoms with Gasteiger partial charge in [0.1, 0.15) is 12.4 Å². The Morgan fingerprint density at radius 2 is 1.86 bits per heavy atom. The lowest BCUT2D eigenvalue weighted by Crippen LogP contribution is -2.06. The summed E-state index contributed by atoms with van der Waals surface area (Å²) in [7, 11) is 0. The number of hydrogen-bond acceptors (Lipinski definition) is 2. The highest BCUT2D eigenvalue weighted by molar-refractivity contribution is 6.35. The highest BCUT2D eigenvalue weighted by Crippen LogP contribution is 2.32. The highest BCUT2D eigenvalue weighted by Gasteiger charge is 2.09. The van der Waals surface area contributed by atoms with Crippen molar-refractivity contribution in [3.05, 3.63) is 69.7 Å². The van der Waals surface area contributed by atoms with Crippen molar-refractivity contribution in [2.75, 3.05) is 13.2 Å². The molecule has 2 N–H and O–H groups in total. The molecule has 21 heavy (non-hydrogen) atoms. The maximum Gasteiger partial charge on any atom is 0.141 e. The third-order valence-corrected chi connectivity index (χ3v) is 3.43. The molecular formula is C17H17Cl2NO. The van der Waals surface area contributed by atoms with E-state index in [1.165, 1.54) is 0 Å². The lowest BCUT2D eigenvalue weighted by Gasteiger charge is -2.12. The molecule has 0 radical (unpaired) electrons. The van der Waals surface area contributed by atoms with Gasteiger partial charge >= 0.3 is 0 Å². The van der Waals surface area contributed by atoms with Gasteiger partial charge in [-0.1, -0.05) is 59.6 Å². The first kappa shape index (κ1) is 15.9. The summed E-state index contributed by atoms with van der Waals surface area (Å²) in [6.45, 7) is 0.959. The molecule has 0 aliphatic rings. The predicted octanol–water partition coefficient (Wildman–Crippen LogP) is 4.59. The van der Waals surface area contributed by atoms with Crippen molar-refractivity contribution < 1.29 is 4.74 Å². The molecule has 110 valence electrons. The molecule has 2 aromatic rings. The fourth-order valence-corrected chi connectivity index (χ4v) is 2.59. The number of halogens is 2. The van der Waals surface area contributed by atoms with Gasteiger partial charge in [-0.2, -0.15) is 0 Å². The van der Waals surface area contributed by atoms with Crippen LogP contribution in [0.25, 0.3) is 6.08 Å². The van der Waals surface area contributed by atoms with Gasteiger partial charge in [-0.3, -0.25) is 0 Å². The van der Waals surface area contributed by atoms with E-state index >= 15 is 0 Å². The molecule has 0 bridgehead atoms. The molecule has 0 fully saturated rings. The molecule has 2 rings (SSSR count). The molecule has 0 atom stereocenters. The van der Waals surface area contributed by atoms with Gasteiger partial charge in [0.2, 0.25) is 0 Å². The molecule has 4 heteroatoms. The molecule has 0 saturated carbocycles. The van der Waals surface area contributed by atoms with Gasteiger partial charge in [0.25, 0.3) is 0 Å². The molecule has 0 heterocycles. The minimum absolute atomic E-state index is 0.438. The van der Waals surface area contributed by atoms with Crippen molar-refractivity contribution in [2.24, 2.45) is 5.73 Å². The summed E-state index contributed by atoms with van der Waals surface area (Å²) in [5.74, 6) is 0.657. The van der Waals surface area contributed by atoms with Crippen molar-refractivity contribution in [1.82, 2.24) is 0 Å². The van der Waals surface area contributed by atoms with Crippen LogP contribution in [-0.2, 0) is 6.42 Å². The zero-order valence-electron chi connectivity index (χ0n) is 11.6. The van der Waals surface area contributed by atoms with Crippen LogP contribution in [0.1, 0.15) is 11.1 Å². The summed E-state index contributed by atoms with van der Waals surface area (Å²) in [6, 6.07) is 13.6. The fraction of sp³-hybridized carbons (Fsp3) is 0.176. The summed E-state index contributed by atoms with van der Waals surface area (Å²) in [4.78, 5) is 0. The SMILES string of the molecule is NCCc1cc(Cl)cc(Cl)c1OCC=Cc1ccccc1. The lowest BCUT2D eigenvalue weighted by molar-refractivity contribution is 0.360. The van der Waals surface area contributed by atoms with Crippen LogP contribution in [0.5, 0.6) is 5.75 Å². The molecule has 2 aromatic carbocycles. The maximum atomic E-state index is 6.19. The van der Waals surface area contributed by atoms with Crippen LogP contribution in [0, 0.1) is 0 Å². The normalized spacial score (nSPS) is 11.0. The van der Waals surface area contributed by atoms with Crippen LogP contribution in [0.15, 0.2) is 48.5 Å². The molecule has 0 saturated heterocycles. The van der Waals surface area contributed by atoms with E-state index in [2.05, 4.69) is 0 Å². The van der Waals surface area contributed by atoms with Crippen LogP contribution in [0.3, 0.4) is 0 Å². The average Bonchev–Trinajstić information content (AvgIpc) is 2.47. The van der Waals surface area contributed by atoms with Crippen LogP contribution in [0.2, 0.25) is 10.0 Å². The van der Waals surface area contributed by atoms with Crippen LogP contribution >= 0.6 is 23.2 Å². The van der Waals surface area contributed by atoms with Crippen molar-refractivity contribution in [2.45, 2.75) is 6.42 Å². The number of hydrogen-bond donors (Lipinski definition) is 1. The third-order valence-electron chi connectivity index (χ3n) is 2.93. The molecule has 0 aliphatic heterocycles. The van der Waals surface area contributed by atoms with Gasteiger partial charge in [0, 0.05) is 5.02 Å². The third kappa shape index (κ3) is 4.78. The molecule has 0 aromatic heterocycles. The van der Waals surface area contributed by atoms with E-state index in [-0.39, 0.29) is 0 Å². The number of benzene rings is 2. The van der Waals surface area contributed by atoms with Gasteiger partial charge in [-0.15, -0.1) is 0 Å². The van der Waals surface area contributed by atoms with Crippen molar-refractivity contribution in [3.63, 3.8) is 0 Å². The molecule has 0 unspecified atom stereocenters. The topological polar surface area (TPSA) is 35.2 Å². The molecule has 0 aliphatic carbocycles. The largest absolute Gasteiger partial charge is 0.488 e. The zero-order chi connectivity index (χ0) is 15.1. The first-order valence-electron chi connectivity index (χ1n) is 6.73. The Labute approximate surface area is 135 Å². The number of rotatable bonds is 6. The van der Waals surface area contributed by atoms with Gasteiger partial charge in [0.15, 0.2) is 0 Å². The van der Waals surface area contributed by atoms with Crippen LogP contribution in [-0.4, -0.2) is 13.2 Å². The van der Waals surface area contributed by atoms with Crippen molar-refractivity contribution in [1.29, 1.82) is 0 Å². The summed E-state index contributed by atoms with van der Waals surface area (Å²) in [6.07, 6.45) is 4.64. The zero-order valence-corrected chi connectivity index (χ0v) is 13.1. The average molecular weight is 322 g/mol. The van der Waals surface area contributed by atoms with E-state index in [1.54, 1.807) is 6.07 Å². The monoisotopic (exact) mass is 321 g/mol. The van der Waals surface area contributed by atoms with Gasteiger partial charge in [-0.05, 0) is 42.3 Å². The van der Waals surface area contributed by atoms with E-state index in [0.29, 0.717) is 35.4 Å². The number of ether oxygens (including phenoxy) is 1. The second-order valence-electron chi connectivity index (χ2n) is 4.54. The van der Waals surface area contributed by atoms with E-state index in [4.69, 9.17) is 33.7 Å². The summed E-state index contributed by atoms with van der Waals surface area (Å²) < 4.78 is 5.76. The Bertz CT molecular complexity index is 612. The Balaban J connectivity index is 2.04. The van der Waals surface area contributed by atoms with E-state index in [9.17, 15) is 0 Å². The Morgan fingerprint density at radius 1 is 1.10 bits per heavy atom. The lowest BCUT2D eigenvalue weighted by atomic mass is 10.1. The number of nitrogens with two attached hydrogens (primary N) is 1. The minimum Gasteiger partial charge on any atom is -0.488 e. The Morgan fingerprint density at radius 3 is 2.57 bits per heavy atom. The molecule has 0 spiro atoms. The Kier molecular flexibility index (Phi) is 6.12. The summed E-state index contributed by atoms with van der Waals surface area (Å²) in [5.41, 5.74) is 7.67. The Hall–Kier alpha value is -1.48. The van der Waals surface area contributed by atoms with Crippen molar-refractivity contribution >= 4 is 29.3 Å². The second kappa shape index (κ2) is 8.08. The summed E-state index contributed by atoms with van der Waals surface area (Å²) in [5, 5.41) is 1.11. The molecule has 2 nitrogen and oxygen atoms in total. The van der Waals surface area contributed by atoms with Gasteiger partial charge in [0.05, 0.1) is 5.02 Å². The van der Waals surface area contributed by atoms with Crippen LogP contribution < -0.4 is 10.5 Å². The predicted molar refractivity (Wildman–Crippen MR) is 90.2 cm³/mol. The molecular weight excluding hydrogens is 305 g/mol. The minimum atomic E-state index is 0.438. The quantitative estimate of drug-likeness (QED) is 0.844. The smallest absolute Gasteiger partial charge is 0.141 e. The summed E-state index contributed by atoms with van der Waals surface area (Å²) >= 11 is 12.2.